The molecule has 0 saturated carbocycles. The molecular weight excluding hydrogens is 264 g/mol. The summed E-state index contributed by atoms with van der Waals surface area (Å²) in [6.07, 6.45) is 8.12. The quantitative estimate of drug-likeness (QED) is 0.513. The summed E-state index contributed by atoms with van der Waals surface area (Å²) in [6, 6.07) is 2.12. The molecule has 0 aliphatic carbocycles. The Labute approximate surface area is 126 Å². The van der Waals surface area contributed by atoms with Crippen LogP contribution in [-0.2, 0) is 11.2 Å². The van der Waals surface area contributed by atoms with E-state index in [1.165, 1.54) is 6.42 Å². The van der Waals surface area contributed by atoms with Crippen LogP contribution in [0.5, 0.6) is 0 Å². The van der Waals surface area contributed by atoms with E-state index < -0.39 is 0 Å². The molecule has 0 spiro atoms. The lowest BCUT2D eigenvalue weighted by Gasteiger charge is -2.20. The van der Waals surface area contributed by atoms with E-state index in [4.69, 9.17) is 10.6 Å². The number of aliphatic imine (C=N–C) groups is 1. The fourth-order valence-electron chi connectivity index (χ4n) is 2.49. The maximum absolute atomic E-state index is 5.66. The molecule has 21 heavy (non-hydrogen) atoms. The Morgan fingerprint density at radius 2 is 2.38 bits per heavy atom. The van der Waals surface area contributed by atoms with Crippen molar-refractivity contribution in [3.63, 3.8) is 0 Å². The minimum atomic E-state index is 0.227. The van der Waals surface area contributed by atoms with Gasteiger partial charge in [0.25, 0.3) is 0 Å². The average molecular weight is 288 g/mol. The lowest BCUT2D eigenvalue weighted by Crippen LogP contribution is -2.22. The summed E-state index contributed by atoms with van der Waals surface area (Å²) in [4.78, 5) is 8.89. The highest BCUT2D eigenvalue weighted by molar-refractivity contribution is 6.37. The summed E-state index contributed by atoms with van der Waals surface area (Å²) >= 11 is 0. The predicted octanol–water partition coefficient (Wildman–Crippen LogP) is 2.26. The molecule has 1 atom stereocenters. The van der Waals surface area contributed by atoms with Crippen molar-refractivity contribution in [2.75, 3.05) is 13.2 Å². The largest absolute Gasteiger partial charge is 0.376 e. The van der Waals surface area contributed by atoms with Crippen LogP contribution in [0.25, 0.3) is 0 Å². The zero-order chi connectivity index (χ0) is 15.1. The molecule has 2 heterocycles. The average Bonchev–Trinajstić information content (AvgIpc) is 2.53. The molecule has 1 aliphatic rings. The molecule has 1 aliphatic heterocycles. The van der Waals surface area contributed by atoms with E-state index in [1.54, 1.807) is 6.21 Å². The van der Waals surface area contributed by atoms with Gasteiger partial charge in [0.05, 0.1) is 24.6 Å². The standard InChI is InChI=1S/C16H24N4O/c1-3-13-8-12(2)9-19-16(13)15(20-17)11-18-10-14-6-4-5-7-21-14/h8-9,11,14H,3-7,10,17H2,1-2H3/b18-11?,20-15+. The van der Waals surface area contributed by atoms with Gasteiger partial charge in [0.1, 0.15) is 5.71 Å². The minimum absolute atomic E-state index is 0.227. The molecule has 0 amide bonds. The molecule has 1 unspecified atom stereocenters. The Morgan fingerprint density at radius 3 is 3.05 bits per heavy atom. The molecule has 5 nitrogen and oxygen atoms in total. The van der Waals surface area contributed by atoms with Gasteiger partial charge in [0, 0.05) is 12.8 Å². The molecule has 114 valence electrons. The number of ether oxygens (including phenoxy) is 1. The second-order valence-electron chi connectivity index (χ2n) is 5.37. The van der Waals surface area contributed by atoms with E-state index in [0.29, 0.717) is 12.3 Å². The first-order valence-electron chi connectivity index (χ1n) is 7.59. The Kier molecular flexibility index (Phi) is 5.87. The van der Waals surface area contributed by atoms with Gasteiger partial charge in [-0.05, 0) is 43.7 Å². The van der Waals surface area contributed by atoms with E-state index in [1.807, 2.05) is 13.1 Å². The van der Waals surface area contributed by atoms with Gasteiger partial charge in [-0.15, -0.1) is 0 Å². The fourth-order valence-corrected chi connectivity index (χ4v) is 2.49. The number of hydrogen-bond donors (Lipinski definition) is 1. The SMILES string of the molecule is CCc1cc(C)cnc1/C(C=NCC1CCCCO1)=N/N. The number of hydrogen-bond acceptors (Lipinski definition) is 5. The summed E-state index contributed by atoms with van der Waals surface area (Å²) in [5, 5.41) is 3.84. The molecule has 5 heteroatoms. The van der Waals surface area contributed by atoms with Gasteiger partial charge in [-0.3, -0.25) is 9.98 Å². The van der Waals surface area contributed by atoms with Crippen LogP contribution in [0.15, 0.2) is 22.4 Å². The van der Waals surface area contributed by atoms with Crippen LogP contribution >= 0.6 is 0 Å². The summed E-state index contributed by atoms with van der Waals surface area (Å²) in [6.45, 7) is 5.63. The van der Waals surface area contributed by atoms with Crippen LogP contribution < -0.4 is 5.84 Å². The second kappa shape index (κ2) is 7.88. The third kappa shape index (κ3) is 4.36. The monoisotopic (exact) mass is 288 g/mol. The van der Waals surface area contributed by atoms with Gasteiger partial charge >= 0.3 is 0 Å². The minimum Gasteiger partial charge on any atom is -0.376 e. The van der Waals surface area contributed by atoms with Crippen molar-refractivity contribution in [2.24, 2.45) is 15.9 Å². The third-order valence-corrected chi connectivity index (χ3v) is 3.66. The van der Waals surface area contributed by atoms with Gasteiger partial charge in [-0.2, -0.15) is 5.10 Å². The first kappa shape index (κ1) is 15.6. The van der Waals surface area contributed by atoms with Crippen LogP contribution in [0.3, 0.4) is 0 Å². The highest BCUT2D eigenvalue weighted by Crippen LogP contribution is 2.13. The van der Waals surface area contributed by atoms with Crippen molar-refractivity contribution in [1.82, 2.24) is 4.98 Å². The lowest BCUT2D eigenvalue weighted by atomic mass is 10.1. The van der Waals surface area contributed by atoms with E-state index in [0.717, 1.165) is 42.7 Å². The number of rotatable bonds is 5. The normalized spacial score (nSPS) is 20.1. The molecule has 1 fully saturated rings. The van der Waals surface area contributed by atoms with Crippen LogP contribution in [0.1, 0.15) is 43.0 Å². The second-order valence-corrected chi connectivity index (χ2v) is 5.37. The molecule has 0 radical (unpaired) electrons. The van der Waals surface area contributed by atoms with Crippen molar-refractivity contribution in [1.29, 1.82) is 0 Å². The molecule has 2 N–H and O–H groups in total. The summed E-state index contributed by atoms with van der Waals surface area (Å²) in [7, 11) is 0. The van der Waals surface area contributed by atoms with E-state index in [9.17, 15) is 0 Å². The van der Waals surface area contributed by atoms with Gasteiger partial charge in [0.15, 0.2) is 0 Å². The first-order chi connectivity index (χ1) is 10.2. The Balaban J connectivity index is 2.06. The lowest BCUT2D eigenvalue weighted by molar-refractivity contribution is 0.0226. The molecular formula is C16H24N4O. The maximum atomic E-state index is 5.66. The highest BCUT2D eigenvalue weighted by atomic mass is 16.5. The molecule has 1 saturated heterocycles. The third-order valence-electron chi connectivity index (χ3n) is 3.66. The van der Waals surface area contributed by atoms with Crippen LogP contribution in [0.2, 0.25) is 0 Å². The van der Waals surface area contributed by atoms with Crippen molar-refractivity contribution >= 4 is 11.9 Å². The first-order valence-corrected chi connectivity index (χ1v) is 7.59. The maximum Gasteiger partial charge on any atom is 0.126 e. The number of aryl methyl sites for hydroxylation is 2. The van der Waals surface area contributed by atoms with Gasteiger partial charge in [-0.1, -0.05) is 13.0 Å². The molecule has 0 aromatic carbocycles. The van der Waals surface area contributed by atoms with Crippen LogP contribution in [-0.4, -0.2) is 36.2 Å². The zero-order valence-corrected chi connectivity index (χ0v) is 12.9. The smallest absolute Gasteiger partial charge is 0.126 e. The Hall–Kier alpha value is -1.75. The molecule has 2 rings (SSSR count). The van der Waals surface area contributed by atoms with E-state index in [-0.39, 0.29) is 6.10 Å². The van der Waals surface area contributed by atoms with Crippen molar-refractivity contribution in [3.05, 3.63) is 29.1 Å². The molecule has 1 aromatic rings. The van der Waals surface area contributed by atoms with Gasteiger partial charge < -0.3 is 10.6 Å². The number of nitrogens with zero attached hydrogens (tertiary/aromatic N) is 3. The number of aromatic nitrogens is 1. The number of pyridine rings is 1. The van der Waals surface area contributed by atoms with Crippen molar-refractivity contribution in [2.45, 2.75) is 45.6 Å². The van der Waals surface area contributed by atoms with Gasteiger partial charge in [0.2, 0.25) is 0 Å². The highest BCUT2D eigenvalue weighted by Gasteiger charge is 2.13. The molecule has 1 aromatic heterocycles. The predicted molar refractivity (Wildman–Crippen MR) is 86.0 cm³/mol. The Bertz CT molecular complexity index is 519. The van der Waals surface area contributed by atoms with Gasteiger partial charge in [-0.25, -0.2) is 0 Å². The molecule has 0 bridgehead atoms. The summed E-state index contributed by atoms with van der Waals surface area (Å²) < 4.78 is 5.66. The summed E-state index contributed by atoms with van der Waals surface area (Å²) in [5.74, 6) is 5.51. The van der Waals surface area contributed by atoms with Crippen molar-refractivity contribution in [3.8, 4) is 0 Å². The fraction of sp³-hybridized carbons (Fsp3) is 0.562. The van der Waals surface area contributed by atoms with Crippen LogP contribution in [0.4, 0.5) is 0 Å². The van der Waals surface area contributed by atoms with Crippen LogP contribution in [0, 0.1) is 6.92 Å². The zero-order valence-electron chi connectivity index (χ0n) is 12.9. The summed E-state index contributed by atoms with van der Waals surface area (Å²) in [5.41, 5.74) is 3.72. The Morgan fingerprint density at radius 1 is 1.52 bits per heavy atom. The van der Waals surface area contributed by atoms with Crippen molar-refractivity contribution < 1.29 is 4.74 Å². The van der Waals surface area contributed by atoms with E-state index in [2.05, 4.69) is 28.1 Å². The number of nitrogens with two attached hydrogens (primary N) is 1. The number of hydrazone groups is 1. The topological polar surface area (TPSA) is 72.9 Å². The van der Waals surface area contributed by atoms with E-state index >= 15 is 0 Å².